The molecule has 168 valence electrons. The van der Waals surface area contributed by atoms with Crippen LogP contribution in [-0.2, 0) is 19.1 Å². The maximum absolute atomic E-state index is 12.7. The molecule has 0 aliphatic heterocycles. The summed E-state index contributed by atoms with van der Waals surface area (Å²) in [5, 5.41) is 24.0. The molecule has 0 unspecified atom stereocenters. The largest absolute Gasteiger partial charge is 0.481 e. The zero-order valence-corrected chi connectivity index (χ0v) is 18.0. The Labute approximate surface area is 173 Å². The summed E-state index contributed by atoms with van der Waals surface area (Å²) < 4.78 is 4.85. The van der Waals surface area contributed by atoms with Crippen molar-refractivity contribution < 1.29 is 29.3 Å². The van der Waals surface area contributed by atoms with Crippen LogP contribution in [0.15, 0.2) is 0 Å². The van der Waals surface area contributed by atoms with E-state index >= 15 is 0 Å². The van der Waals surface area contributed by atoms with Crippen molar-refractivity contribution in [1.82, 2.24) is 10.6 Å². The molecule has 0 aromatic carbocycles. The molecule has 0 heterocycles. The predicted octanol–water partition coefficient (Wildman–Crippen LogP) is 1.85. The number of hydrogen-bond donors (Lipinski definition) is 4. The molecule has 1 saturated carbocycles. The van der Waals surface area contributed by atoms with Crippen molar-refractivity contribution in [3.63, 3.8) is 0 Å². The third-order valence-corrected chi connectivity index (χ3v) is 5.77. The van der Waals surface area contributed by atoms with Crippen molar-refractivity contribution in [1.29, 1.82) is 0 Å². The number of rotatable bonds is 13. The van der Waals surface area contributed by atoms with Gasteiger partial charge in [0, 0.05) is 6.61 Å². The topological polar surface area (TPSA) is 125 Å². The van der Waals surface area contributed by atoms with Gasteiger partial charge in [0.1, 0.15) is 6.04 Å². The molecule has 1 rings (SSSR count). The summed E-state index contributed by atoms with van der Waals surface area (Å²) in [4.78, 5) is 36.2. The predicted molar refractivity (Wildman–Crippen MR) is 109 cm³/mol. The van der Waals surface area contributed by atoms with Gasteiger partial charge in [-0.1, -0.05) is 46.0 Å². The molecule has 1 aliphatic carbocycles. The molecule has 8 nitrogen and oxygen atoms in total. The van der Waals surface area contributed by atoms with Gasteiger partial charge in [0.2, 0.25) is 5.91 Å². The smallest absolute Gasteiger partial charge is 0.328 e. The number of aliphatic carboxylic acids is 1. The lowest BCUT2D eigenvalue weighted by Gasteiger charge is -2.28. The Hall–Kier alpha value is -1.67. The number of carbonyl (C=O) groups is 3. The molecule has 8 heteroatoms. The number of aliphatic hydroxyl groups is 1. The van der Waals surface area contributed by atoms with Gasteiger partial charge in [0.25, 0.3) is 0 Å². The number of aliphatic hydroxyl groups excluding tert-OH is 1. The summed E-state index contributed by atoms with van der Waals surface area (Å²) in [7, 11) is 1.29. The first-order valence-electron chi connectivity index (χ1n) is 10.6. The Balaban J connectivity index is 2.70. The molecule has 0 aromatic rings. The fourth-order valence-electron chi connectivity index (χ4n) is 3.83. The van der Waals surface area contributed by atoms with E-state index in [1.165, 1.54) is 13.5 Å². The van der Waals surface area contributed by atoms with Crippen LogP contribution in [0.3, 0.4) is 0 Å². The van der Waals surface area contributed by atoms with E-state index in [1.54, 1.807) is 0 Å². The van der Waals surface area contributed by atoms with E-state index in [-0.39, 0.29) is 18.4 Å². The van der Waals surface area contributed by atoms with Crippen LogP contribution in [-0.4, -0.2) is 60.4 Å². The van der Waals surface area contributed by atoms with Crippen molar-refractivity contribution in [2.24, 2.45) is 11.3 Å². The Morgan fingerprint density at radius 3 is 2.31 bits per heavy atom. The average molecular weight is 415 g/mol. The summed E-state index contributed by atoms with van der Waals surface area (Å²) in [6.45, 7) is 4.53. The van der Waals surface area contributed by atoms with Gasteiger partial charge in [-0.05, 0) is 37.1 Å². The molecule has 29 heavy (non-hydrogen) atoms. The van der Waals surface area contributed by atoms with E-state index in [0.29, 0.717) is 31.7 Å². The number of carboxylic acid groups (broad SMARTS) is 1. The van der Waals surface area contributed by atoms with Gasteiger partial charge in [-0.25, -0.2) is 4.79 Å². The zero-order chi connectivity index (χ0) is 21.9. The SMILES string of the molecule is COC(=O)[C@H](CC1CCCCC1)NC(=O)[C@H](CC(=O)O)NCCC(C)(C)CCO. The Kier molecular flexibility index (Phi) is 11.2. The Morgan fingerprint density at radius 1 is 1.10 bits per heavy atom. The minimum atomic E-state index is -1.09. The van der Waals surface area contributed by atoms with Crippen molar-refractivity contribution >= 4 is 17.8 Å². The summed E-state index contributed by atoms with van der Waals surface area (Å²) in [6, 6.07) is -1.70. The maximum Gasteiger partial charge on any atom is 0.328 e. The Morgan fingerprint density at radius 2 is 1.76 bits per heavy atom. The molecular weight excluding hydrogens is 376 g/mol. The van der Waals surface area contributed by atoms with E-state index in [1.807, 2.05) is 13.8 Å². The van der Waals surface area contributed by atoms with Gasteiger partial charge in [-0.15, -0.1) is 0 Å². The molecule has 2 atom stereocenters. The van der Waals surface area contributed by atoms with Gasteiger partial charge >= 0.3 is 11.9 Å². The highest BCUT2D eigenvalue weighted by Gasteiger charge is 2.30. The monoisotopic (exact) mass is 414 g/mol. The van der Waals surface area contributed by atoms with Gasteiger partial charge in [-0.3, -0.25) is 9.59 Å². The first-order valence-corrected chi connectivity index (χ1v) is 10.6. The number of nitrogens with one attached hydrogen (secondary N) is 2. The second-order valence-corrected chi connectivity index (χ2v) is 8.82. The van der Waals surface area contributed by atoms with E-state index in [9.17, 15) is 19.5 Å². The van der Waals surface area contributed by atoms with Crippen molar-refractivity contribution in [2.75, 3.05) is 20.3 Å². The first kappa shape index (κ1) is 25.4. The standard InChI is InChI=1S/C21H38N2O6/c1-21(2,10-12-24)9-11-22-16(14-18(25)26)19(27)23-17(20(28)29-3)13-15-7-5-4-6-8-15/h15-17,22,24H,4-14H2,1-3H3,(H,23,27)(H,25,26)/t16-,17-/m0/s1. The molecular formula is C21H38N2O6. The Bertz CT molecular complexity index is 531. The summed E-state index contributed by atoms with van der Waals surface area (Å²) in [5.41, 5.74) is -0.123. The third kappa shape index (κ3) is 10.1. The van der Waals surface area contributed by atoms with Gasteiger partial charge in [-0.2, -0.15) is 0 Å². The van der Waals surface area contributed by atoms with E-state index in [0.717, 1.165) is 25.7 Å². The summed E-state index contributed by atoms with van der Waals surface area (Å²) in [5.74, 6) is -1.73. The number of amides is 1. The van der Waals surface area contributed by atoms with E-state index in [4.69, 9.17) is 9.84 Å². The maximum atomic E-state index is 12.7. The number of methoxy groups -OCH3 is 1. The summed E-state index contributed by atoms with van der Waals surface area (Å²) in [6.07, 6.45) is 6.95. The quantitative estimate of drug-likeness (QED) is 0.339. The van der Waals surface area contributed by atoms with E-state index < -0.39 is 29.9 Å². The number of carbonyl (C=O) groups excluding carboxylic acids is 2. The van der Waals surface area contributed by atoms with Crippen molar-refractivity contribution in [3.05, 3.63) is 0 Å². The van der Waals surface area contributed by atoms with Gasteiger partial charge in [0.15, 0.2) is 0 Å². The number of carboxylic acids is 1. The second kappa shape index (κ2) is 12.8. The second-order valence-electron chi connectivity index (χ2n) is 8.82. The van der Waals surface area contributed by atoms with Crippen LogP contribution in [0.25, 0.3) is 0 Å². The first-order chi connectivity index (χ1) is 13.7. The third-order valence-electron chi connectivity index (χ3n) is 5.77. The molecule has 1 amide bonds. The van der Waals surface area contributed by atoms with Crippen LogP contribution >= 0.6 is 0 Å². The number of esters is 1. The van der Waals surface area contributed by atoms with Gasteiger partial charge < -0.3 is 25.6 Å². The molecule has 4 N–H and O–H groups in total. The minimum absolute atomic E-state index is 0.0774. The molecule has 0 aromatic heterocycles. The van der Waals surface area contributed by atoms with E-state index in [2.05, 4.69) is 10.6 Å². The average Bonchev–Trinajstić information content (AvgIpc) is 2.66. The molecule has 1 fully saturated rings. The van der Waals surface area contributed by atoms with Crippen molar-refractivity contribution in [2.45, 2.75) is 83.7 Å². The molecule has 0 spiro atoms. The number of ether oxygens (including phenoxy) is 1. The summed E-state index contributed by atoms with van der Waals surface area (Å²) >= 11 is 0. The van der Waals surface area contributed by atoms with Crippen LogP contribution in [0.2, 0.25) is 0 Å². The van der Waals surface area contributed by atoms with Crippen molar-refractivity contribution in [3.8, 4) is 0 Å². The van der Waals surface area contributed by atoms with Crippen LogP contribution in [0.5, 0.6) is 0 Å². The van der Waals surface area contributed by atoms with Crippen LogP contribution in [0.4, 0.5) is 0 Å². The highest BCUT2D eigenvalue weighted by Crippen LogP contribution is 2.27. The lowest BCUT2D eigenvalue weighted by atomic mass is 9.84. The number of hydrogen-bond acceptors (Lipinski definition) is 6. The fraction of sp³-hybridized carbons (Fsp3) is 0.857. The highest BCUT2D eigenvalue weighted by atomic mass is 16.5. The molecule has 0 saturated heterocycles. The van der Waals surface area contributed by atoms with Crippen LogP contribution in [0.1, 0.15) is 71.6 Å². The normalized spacial score (nSPS) is 17.4. The molecule has 1 aliphatic rings. The highest BCUT2D eigenvalue weighted by molar-refractivity contribution is 5.89. The minimum Gasteiger partial charge on any atom is -0.481 e. The van der Waals surface area contributed by atoms with Gasteiger partial charge in [0.05, 0.1) is 19.6 Å². The fourth-order valence-corrected chi connectivity index (χ4v) is 3.83. The molecule has 0 bridgehead atoms. The van der Waals surface area contributed by atoms with Crippen LogP contribution < -0.4 is 10.6 Å². The lowest BCUT2D eigenvalue weighted by molar-refractivity contribution is -0.146. The molecule has 0 radical (unpaired) electrons. The van der Waals surface area contributed by atoms with Crippen LogP contribution in [0, 0.1) is 11.3 Å². The lowest BCUT2D eigenvalue weighted by Crippen LogP contribution is -2.52. The zero-order valence-electron chi connectivity index (χ0n) is 18.0.